The van der Waals surface area contributed by atoms with Gasteiger partial charge in [-0.1, -0.05) is 29.4 Å². The first kappa shape index (κ1) is 11.4. The van der Waals surface area contributed by atoms with Crippen LogP contribution in [0.15, 0.2) is 28.8 Å². The Hall–Kier alpha value is -1.68. The number of aryl methyl sites for hydroxylation is 1. The number of fused-ring (bicyclic) bond motifs is 1. The van der Waals surface area contributed by atoms with Crippen LogP contribution in [-0.2, 0) is 12.8 Å². The molecule has 2 atom stereocenters. The van der Waals surface area contributed by atoms with Crippen LogP contribution in [0.3, 0.4) is 0 Å². The topological polar surface area (TPSA) is 59.2 Å². The van der Waals surface area contributed by atoms with Crippen LogP contribution in [0.5, 0.6) is 0 Å². The predicted molar refractivity (Wildman–Crippen MR) is 66.3 cm³/mol. The molecule has 1 aromatic carbocycles. The number of aromatic nitrogens is 2. The third-order valence-corrected chi connectivity index (χ3v) is 3.43. The third-order valence-electron chi connectivity index (χ3n) is 3.43. The normalized spacial score (nSPS) is 19.1. The molecule has 0 saturated heterocycles. The number of aliphatic hydroxyl groups excluding tert-OH is 1. The molecule has 18 heavy (non-hydrogen) atoms. The SMILES string of the molecule is CC(O)CCc1nc(C2Cc3ccccc32)no1. The van der Waals surface area contributed by atoms with Gasteiger partial charge in [-0.05, 0) is 30.9 Å². The minimum absolute atomic E-state index is 0.283. The first-order chi connectivity index (χ1) is 8.74. The van der Waals surface area contributed by atoms with Crippen molar-refractivity contribution in [1.82, 2.24) is 10.1 Å². The maximum Gasteiger partial charge on any atom is 0.226 e. The van der Waals surface area contributed by atoms with Crippen LogP contribution in [0.4, 0.5) is 0 Å². The monoisotopic (exact) mass is 244 g/mol. The van der Waals surface area contributed by atoms with Gasteiger partial charge in [0.25, 0.3) is 0 Å². The number of benzene rings is 1. The standard InChI is InChI=1S/C14H16N2O2/c1-9(17)6-7-13-15-14(16-18-13)12-8-10-4-2-3-5-11(10)12/h2-5,9,12,17H,6-8H2,1H3. The highest BCUT2D eigenvalue weighted by molar-refractivity contribution is 5.43. The first-order valence-electron chi connectivity index (χ1n) is 6.32. The smallest absolute Gasteiger partial charge is 0.226 e. The summed E-state index contributed by atoms with van der Waals surface area (Å²) in [6, 6.07) is 8.36. The average Bonchev–Trinajstić information content (AvgIpc) is 2.77. The summed E-state index contributed by atoms with van der Waals surface area (Å²) in [4.78, 5) is 4.41. The van der Waals surface area contributed by atoms with Crippen molar-refractivity contribution in [2.45, 2.75) is 38.2 Å². The molecule has 0 aliphatic heterocycles. The van der Waals surface area contributed by atoms with Crippen LogP contribution < -0.4 is 0 Å². The van der Waals surface area contributed by atoms with Gasteiger partial charge in [-0.2, -0.15) is 4.98 Å². The van der Waals surface area contributed by atoms with Crippen LogP contribution in [0.1, 0.15) is 42.1 Å². The molecule has 1 heterocycles. The van der Waals surface area contributed by atoms with Gasteiger partial charge < -0.3 is 9.63 Å². The van der Waals surface area contributed by atoms with Crippen molar-refractivity contribution in [3.05, 3.63) is 47.1 Å². The highest BCUT2D eigenvalue weighted by atomic mass is 16.5. The second kappa shape index (κ2) is 4.53. The van der Waals surface area contributed by atoms with Gasteiger partial charge in [-0.25, -0.2) is 0 Å². The van der Waals surface area contributed by atoms with Crippen molar-refractivity contribution in [3.63, 3.8) is 0 Å². The number of hydrogen-bond donors (Lipinski definition) is 1. The van der Waals surface area contributed by atoms with Crippen LogP contribution in [0.25, 0.3) is 0 Å². The lowest BCUT2D eigenvalue weighted by Crippen LogP contribution is -2.19. The second-order valence-electron chi connectivity index (χ2n) is 4.89. The summed E-state index contributed by atoms with van der Waals surface area (Å²) < 4.78 is 5.21. The molecule has 1 aliphatic rings. The number of hydrogen-bond acceptors (Lipinski definition) is 4. The largest absolute Gasteiger partial charge is 0.393 e. The molecule has 1 aliphatic carbocycles. The van der Waals surface area contributed by atoms with Crippen molar-refractivity contribution >= 4 is 0 Å². The van der Waals surface area contributed by atoms with E-state index in [1.807, 2.05) is 6.07 Å². The van der Waals surface area contributed by atoms with E-state index < -0.39 is 0 Å². The lowest BCUT2D eigenvalue weighted by molar-refractivity contribution is 0.180. The summed E-state index contributed by atoms with van der Waals surface area (Å²) in [5.74, 6) is 1.68. The van der Waals surface area contributed by atoms with Gasteiger partial charge in [0.05, 0.1) is 12.0 Å². The highest BCUT2D eigenvalue weighted by Gasteiger charge is 2.30. The van der Waals surface area contributed by atoms with E-state index in [-0.39, 0.29) is 12.0 Å². The van der Waals surface area contributed by atoms with E-state index >= 15 is 0 Å². The number of aliphatic hydroxyl groups is 1. The van der Waals surface area contributed by atoms with Gasteiger partial charge in [0, 0.05) is 6.42 Å². The molecule has 1 aromatic heterocycles. The van der Waals surface area contributed by atoms with Crippen molar-refractivity contribution in [3.8, 4) is 0 Å². The maximum absolute atomic E-state index is 9.23. The lowest BCUT2D eigenvalue weighted by Gasteiger charge is -2.27. The molecule has 1 N–H and O–H groups in total. The quantitative estimate of drug-likeness (QED) is 0.894. The third kappa shape index (κ3) is 2.04. The molecular weight excluding hydrogens is 228 g/mol. The Morgan fingerprint density at radius 2 is 2.28 bits per heavy atom. The Balaban J connectivity index is 1.72. The van der Waals surface area contributed by atoms with Crippen LogP contribution in [0, 0.1) is 0 Å². The molecule has 4 nitrogen and oxygen atoms in total. The zero-order valence-corrected chi connectivity index (χ0v) is 10.3. The van der Waals surface area contributed by atoms with Crippen molar-refractivity contribution < 1.29 is 9.63 Å². The van der Waals surface area contributed by atoms with E-state index in [4.69, 9.17) is 4.52 Å². The Bertz CT molecular complexity index is 548. The summed E-state index contributed by atoms with van der Waals surface area (Å²) in [5.41, 5.74) is 2.68. The fourth-order valence-corrected chi connectivity index (χ4v) is 2.33. The van der Waals surface area contributed by atoms with Gasteiger partial charge in [-0.15, -0.1) is 0 Å². The molecule has 94 valence electrons. The minimum atomic E-state index is -0.329. The highest BCUT2D eigenvalue weighted by Crippen LogP contribution is 2.38. The zero-order chi connectivity index (χ0) is 12.5. The van der Waals surface area contributed by atoms with E-state index in [2.05, 4.69) is 28.3 Å². The van der Waals surface area contributed by atoms with E-state index in [1.165, 1.54) is 11.1 Å². The molecule has 0 spiro atoms. The molecule has 0 bridgehead atoms. The lowest BCUT2D eigenvalue weighted by atomic mass is 9.77. The predicted octanol–water partition coefficient (Wildman–Crippen LogP) is 2.07. The van der Waals surface area contributed by atoms with Crippen LogP contribution >= 0.6 is 0 Å². The summed E-state index contributed by atoms with van der Waals surface area (Å²) in [5, 5.41) is 13.3. The fourth-order valence-electron chi connectivity index (χ4n) is 2.33. The van der Waals surface area contributed by atoms with Gasteiger partial charge >= 0.3 is 0 Å². The first-order valence-corrected chi connectivity index (χ1v) is 6.32. The molecule has 4 heteroatoms. The molecule has 0 fully saturated rings. The summed E-state index contributed by atoms with van der Waals surface area (Å²) in [7, 11) is 0. The summed E-state index contributed by atoms with van der Waals surface area (Å²) in [6.45, 7) is 1.76. The molecule has 0 amide bonds. The Labute approximate surface area is 106 Å². The Kier molecular flexibility index (Phi) is 2.88. The van der Waals surface area contributed by atoms with Crippen molar-refractivity contribution in [2.24, 2.45) is 0 Å². The molecule has 2 unspecified atom stereocenters. The van der Waals surface area contributed by atoms with Gasteiger partial charge in [0.2, 0.25) is 5.89 Å². The Morgan fingerprint density at radius 1 is 1.44 bits per heavy atom. The maximum atomic E-state index is 9.23. The molecule has 3 rings (SSSR count). The Morgan fingerprint density at radius 3 is 3.06 bits per heavy atom. The molecule has 0 saturated carbocycles. The number of nitrogens with zero attached hydrogens (tertiary/aromatic N) is 2. The van der Waals surface area contributed by atoms with E-state index in [0.29, 0.717) is 18.7 Å². The average molecular weight is 244 g/mol. The molecule has 2 aromatic rings. The van der Waals surface area contributed by atoms with Crippen molar-refractivity contribution in [2.75, 3.05) is 0 Å². The minimum Gasteiger partial charge on any atom is -0.393 e. The van der Waals surface area contributed by atoms with Gasteiger partial charge in [0.1, 0.15) is 0 Å². The molecular formula is C14H16N2O2. The molecule has 0 radical (unpaired) electrons. The zero-order valence-electron chi connectivity index (χ0n) is 10.3. The van der Waals surface area contributed by atoms with Gasteiger partial charge in [-0.3, -0.25) is 0 Å². The fraction of sp³-hybridized carbons (Fsp3) is 0.429. The number of rotatable bonds is 4. The van der Waals surface area contributed by atoms with Gasteiger partial charge in [0.15, 0.2) is 5.82 Å². The summed E-state index contributed by atoms with van der Waals surface area (Å²) >= 11 is 0. The second-order valence-corrected chi connectivity index (χ2v) is 4.89. The van der Waals surface area contributed by atoms with Crippen LogP contribution in [0.2, 0.25) is 0 Å². The van der Waals surface area contributed by atoms with E-state index in [9.17, 15) is 5.11 Å². The van der Waals surface area contributed by atoms with E-state index in [0.717, 1.165) is 12.2 Å². The van der Waals surface area contributed by atoms with E-state index in [1.54, 1.807) is 6.92 Å². The summed E-state index contributed by atoms with van der Waals surface area (Å²) in [6.07, 6.45) is 1.96. The van der Waals surface area contributed by atoms with Crippen molar-refractivity contribution in [1.29, 1.82) is 0 Å². The van der Waals surface area contributed by atoms with Crippen LogP contribution in [-0.4, -0.2) is 21.4 Å².